The third-order valence-electron chi connectivity index (χ3n) is 5.46. The number of hydrogen-bond donors (Lipinski definition) is 2. The highest BCUT2D eigenvalue weighted by atomic mass is 16.6. The summed E-state index contributed by atoms with van der Waals surface area (Å²) in [5.74, 6) is 0.297. The minimum atomic E-state index is -0.503. The first-order chi connectivity index (χ1) is 14.2. The Bertz CT molecular complexity index is 885. The Morgan fingerprint density at radius 3 is 2.67 bits per heavy atom. The molecule has 0 radical (unpaired) electrons. The van der Waals surface area contributed by atoms with Gasteiger partial charge in [-0.15, -0.1) is 0 Å². The van der Waals surface area contributed by atoms with E-state index in [0.717, 1.165) is 42.4 Å². The first kappa shape index (κ1) is 22.1. The van der Waals surface area contributed by atoms with E-state index in [1.807, 2.05) is 70.2 Å². The molecule has 1 aliphatic rings. The quantitative estimate of drug-likeness (QED) is 0.765. The van der Waals surface area contributed by atoms with Crippen molar-refractivity contribution >= 4 is 28.5 Å². The van der Waals surface area contributed by atoms with E-state index in [9.17, 15) is 9.59 Å². The van der Waals surface area contributed by atoms with Gasteiger partial charge in [0.05, 0.1) is 6.04 Å². The first-order valence-corrected chi connectivity index (χ1v) is 10.7. The second-order valence-corrected chi connectivity index (χ2v) is 9.08. The van der Waals surface area contributed by atoms with Crippen molar-refractivity contribution in [3.63, 3.8) is 0 Å². The summed E-state index contributed by atoms with van der Waals surface area (Å²) < 4.78 is 5.32. The fourth-order valence-electron chi connectivity index (χ4n) is 3.89. The molecule has 1 heterocycles. The SMILES string of the molecule is CC(C(=O)Nc1cccc2ccccc12)N1CCCC(CNC(=O)OC(C)(C)C)C1. The monoisotopic (exact) mass is 411 g/mol. The number of fused-ring (bicyclic) bond motifs is 1. The van der Waals surface area contributed by atoms with Crippen LogP contribution in [-0.2, 0) is 9.53 Å². The molecule has 1 fully saturated rings. The summed E-state index contributed by atoms with van der Waals surface area (Å²) in [5.41, 5.74) is 0.335. The molecule has 2 N–H and O–H groups in total. The summed E-state index contributed by atoms with van der Waals surface area (Å²) in [6.07, 6.45) is 1.65. The van der Waals surface area contributed by atoms with Crippen LogP contribution in [0.5, 0.6) is 0 Å². The van der Waals surface area contributed by atoms with Gasteiger partial charge < -0.3 is 15.4 Å². The topological polar surface area (TPSA) is 70.7 Å². The average molecular weight is 412 g/mol. The molecule has 2 aromatic rings. The van der Waals surface area contributed by atoms with E-state index in [0.29, 0.717) is 12.5 Å². The second-order valence-electron chi connectivity index (χ2n) is 9.08. The lowest BCUT2D eigenvalue weighted by molar-refractivity contribution is -0.121. The van der Waals surface area contributed by atoms with Crippen molar-refractivity contribution in [1.82, 2.24) is 10.2 Å². The molecule has 3 rings (SSSR count). The van der Waals surface area contributed by atoms with E-state index in [4.69, 9.17) is 4.74 Å². The van der Waals surface area contributed by atoms with Crippen molar-refractivity contribution < 1.29 is 14.3 Å². The summed E-state index contributed by atoms with van der Waals surface area (Å²) in [6.45, 7) is 9.72. The number of carbonyl (C=O) groups excluding carboxylic acids is 2. The number of rotatable bonds is 5. The highest BCUT2D eigenvalue weighted by molar-refractivity contribution is 6.03. The van der Waals surface area contributed by atoms with Crippen LogP contribution in [0.15, 0.2) is 42.5 Å². The van der Waals surface area contributed by atoms with Crippen LogP contribution in [0.1, 0.15) is 40.5 Å². The largest absolute Gasteiger partial charge is 0.444 e. The molecule has 2 unspecified atom stereocenters. The number of carbonyl (C=O) groups is 2. The van der Waals surface area contributed by atoms with E-state index >= 15 is 0 Å². The summed E-state index contributed by atoms with van der Waals surface area (Å²) in [4.78, 5) is 27.1. The van der Waals surface area contributed by atoms with Crippen LogP contribution in [0.2, 0.25) is 0 Å². The third kappa shape index (κ3) is 5.95. The van der Waals surface area contributed by atoms with Gasteiger partial charge in [-0.05, 0) is 64.5 Å². The fourth-order valence-corrected chi connectivity index (χ4v) is 3.89. The Labute approximate surface area is 179 Å². The molecule has 6 heteroatoms. The number of nitrogens with zero attached hydrogens (tertiary/aromatic N) is 1. The molecule has 162 valence electrons. The van der Waals surface area contributed by atoms with Gasteiger partial charge in [0.2, 0.25) is 5.91 Å². The molecule has 0 aromatic heterocycles. The molecule has 0 bridgehead atoms. The van der Waals surface area contributed by atoms with Crippen LogP contribution in [0.3, 0.4) is 0 Å². The smallest absolute Gasteiger partial charge is 0.407 e. The third-order valence-corrected chi connectivity index (χ3v) is 5.46. The number of hydrogen-bond acceptors (Lipinski definition) is 4. The molecule has 30 heavy (non-hydrogen) atoms. The number of likely N-dealkylation sites (tertiary alicyclic amines) is 1. The highest BCUT2D eigenvalue weighted by Gasteiger charge is 2.28. The number of amides is 2. The van der Waals surface area contributed by atoms with Gasteiger partial charge >= 0.3 is 6.09 Å². The van der Waals surface area contributed by atoms with Crippen LogP contribution in [0.4, 0.5) is 10.5 Å². The fraction of sp³-hybridized carbons (Fsp3) is 0.500. The molecular weight excluding hydrogens is 378 g/mol. The molecule has 2 atom stereocenters. The van der Waals surface area contributed by atoms with Gasteiger partial charge in [0, 0.05) is 24.2 Å². The van der Waals surface area contributed by atoms with Gasteiger partial charge in [0.25, 0.3) is 0 Å². The maximum atomic E-state index is 12.9. The van der Waals surface area contributed by atoms with Crippen LogP contribution >= 0.6 is 0 Å². The van der Waals surface area contributed by atoms with Crippen LogP contribution in [-0.4, -0.2) is 48.2 Å². The molecule has 0 saturated carbocycles. The molecule has 2 amide bonds. The summed E-state index contributed by atoms with van der Waals surface area (Å²) in [5, 5.41) is 8.12. The van der Waals surface area contributed by atoms with Gasteiger partial charge in [-0.2, -0.15) is 0 Å². The van der Waals surface area contributed by atoms with Crippen molar-refractivity contribution in [2.24, 2.45) is 5.92 Å². The molecule has 0 spiro atoms. The van der Waals surface area contributed by atoms with Crippen molar-refractivity contribution in [3.05, 3.63) is 42.5 Å². The minimum Gasteiger partial charge on any atom is -0.444 e. The Balaban J connectivity index is 1.56. The van der Waals surface area contributed by atoms with Crippen LogP contribution in [0, 0.1) is 5.92 Å². The lowest BCUT2D eigenvalue weighted by Gasteiger charge is -2.36. The van der Waals surface area contributed by atoms with Crippen molar-refractivity contribution in [3.8, 4) is 0 Å². The predicted octanol–water partition coefficient (Wildman–Crippen LogP) is 4.40. The van der Waals surface area contributed by atoms with E-state index in [-0.39, 0.29) is 18.0 Å². The van der Waals surface area contributed by atoms with Crippen LogP contribution < -0.4 is 10.6 Å². The number of benzene rings is 2. The molecule has 2 aromatic carbocycles. The Kier molecular flexibility index (Phi) is 6.98. The number of ether oxygens (including phenoxy) is 1. The number of anilines is 1. The van der Waals surface area contributed by atoms with Crippen molar-refractivity contribution in [1.29, 1.82) is 0 Å². The normalized spacial score (nSPS) is 18.6. The number of nitrogens with one attached hydrogen (secondary N) is 2. The average Bonchev–Trinajstić information content (AvgIpc) is 2.71. The maximum Gasteiger partial charge on any atom is 0.407 e. The van der Waals surface area contributed by atoms with Crippen molar-refractivity contribution in [2.45, 2.75) is 52.2 Å². The predicted molar refractivity (Wildman–Crippen MR) is 121 cm³/mol. The zero-order chi connectivity index (χ0) is 21.7. The van der Waals surface area contributed by atoms with E-state index in [2.05, 4.69) is 15.5 Å². The molecule has 6 nitrogen and oxygen atoms in total. The van der Waals surface area contributed by atoms with Gasteiger partial charge in [0.15, 0.2) is 0 Å². The highest BCUT2D eigenvalue weighted by Crippen LogP contribution is 2.24. The van der Waals surface area contributed by atoms with E-state index < -0.39 is 5.60 Å². The Morgan fingerprint density at radius 2 is 1.90 bits per heavy atom. The Morgan fingerprint density at radius 1 is 1.17 bits per heavy atom. The van der Waals surface area contributed by atoms with Gasteiger partial charge in [0.1, 0.15) is 5.60 Å². The first-order valence-electron chi connectivity index (χ1n) is 10.7. The number of piperidine rings is 1. The van der Waals surface area contributed by atoms with Crippen molar-refractivity contribution in [2.75, 3.05) is 25.0 Å². The van der Waals surface area contributed by atoms with Gasteiger partial charge in [-0.1, -0.05) is 36.4 Å². The summed E-state index contributed by atoms with van der Waals surface area (Å²) >= 11 is 0. The summed E-state index contributed by atoms with van der Waals surface area (Å²) in [7, 11) is 0. The van der Waals surface area contributed by atoms with E-state index in [1.54, 1.807) is 0 Å². The lowest BCUT2D eigenvalue weighted by atomic mass is 9.96. The van der Waals surface area contributed by atoms with Gasteiger partial charge in [-0.25, -0.2) is 4.79 Å². The molecular formula is C24H33N3O3. The minimum absolute atomic E-state index is 0.00731. The zero-order valence-electron chi connectivity index (χ0n) is 18.4. The maximum absolute atomic E-state index is 12.9. The second kappa shape index (κ2) is 9.47. The van der Waals surface area contributed by atoms with E-state index in [1.165, 1.54) is 0 Å². The standard InChI is InChI=1S/C24H33N3O3/c1-17(22(28)26-21-13-7-11-19-10-5-6-12-20(19)21)27-14-8-9-18(16-27)15-25-23(29)30-24(2,3)4/h5-7,10-13,17-18H,8-9,14-16H2,1-4H3,(H,25,29)(H,26,28). The zero-order valence-corrected chi connectivity index (χ0v) is 18.4. The molecule has 1 aliphatic heterocycles. The lowest BCUT2D eigenvalue weighted by Crippen LogP contribution is -2.49. The van der Waals surface area contributed by atoms with Crippen LogP contribution in [0.25, 0.3) is 10.8 Å². The Hall–Kier alpha value is -2.60. The summed E-state index contributed by atoms with van der Waals surface area (Å²) in [6, 6.07) is 13.7. The molecule has 0 aliphatic carbocycles. The molecule has 1 saturated heterocycles. The number of alkyl carbamates (subject to hydrolysis) is 1. The van der Waals surface area contributed by atoms with Gasteiger partial charge in [-0.3, -0.25) is 9.69 Å².